The number of nitrogens with zero attached hydrogens (tertiary/aromatic N) is 4. The molecule has 1 aliphatic heterocycles. The maximum atomic E-state index is 10.1. The van der Waals surface area contributed by atoms with Crippen LogP contribution in [0.25, 0.3) is 0 Å². The lowest BCUT2D eigenvalue weighted by Crippen LogP contribution is -2.49. The maximum absolute atomic E-state index is 10.1. The molecule has 2 N–H and O–H groups in total. The highest BCUT2D eigenvalue weighted by Crippen LogP contribution is 2.54. The van der Waals surface area contributed by atoms with E-state index in [1.54, 1.807) is 0 Å². The highest BCUT2D eigenvalue weighted by molar-refractivity contribution is 9.10. The number of allylic oxidation sites excluding steroid dienone is 2. The summed E-state index contributed by atoms with van der Waals surface area (Å²) in [7, 11) is 0. The molecule has 0 saturated carbocycles. The van der Waals surface area contributed by atoms with Crippen LogP contribution in [-0.4, -0.2) is 24.0 Å². The lowest BCUT2D eigenvalue weighted by molar-refractivity contribution is 0.174. The zero-order valence-corrected chi connectivity index (χ0v) is 16.9. The number of hydrogen-bond acceptors (Lipinski definition) is 5. The summed E-state index contributed by atoms with van der Waals surface area (Å²) < 4.78 is 0.875. The smallest absolute Gasteiger partial charge is 0.191 e. The predicted octanol–water partition coefficient (Wildman–Crippen LogP) is 3.58. The number of rotatable bonds is 2. The van der Waals surface area contributed by atoms with E-state index in [4.69, 9.17) is 5.73 Å². The van der Waals surface area contributed by atoms with Crippen LogP contribution in [0.5, 0.6) is 0 Å². The van der Waals surface area contributed by atoms with Crippen molar-refractivity contribution in [2.75, 3.05) is 13.1 Å². The van der Waals surface area contributed by atoms with E-state index in [1.165, 1.54) is 0 Å². The molecule has 0 amide bonds. The van der Waals surface area contributed by atoms with Gasteiger partial charge in [-0.05, 0) is 37.1 Å². The van der Waals surface area contributed by atoms with Crippen molar-refractivity contribution >= 4 is 15.9 Å². The van der Waals surface area contributed by atoms with Gasteiger partial charge in [-0.3, -0.25) is 4.90 Å². The van der Waals surface area contributed by atoms with Gasteiger partial charge in [0.15, 0.2) is 5.41 Å². The first-order chi connectivity index (χ1) is 12.9. The second kappa shape index (κ2) is 7.20. The first-order valence-electron chi connectivity index (χ1n) is 8.82. The largest absolute Gasteiger partial charge is 0.399 e. The molecular formula is C21H20BrN5. The molecule has 1 aromatic carbocycles. The van der Waals surface area contributed by atoms with Crippen molar-refractivity contribution < 1.29 is 0 Å². The fourth-order valence-corrected chi connectivity index (χ4v) is 4.62. The zero-order chi connectivity index (χ0) is 19.8. The molecule has 1 aromatic rings. The average molecular weight is 422 g/mol. The Morgan fingerprint density at radius 1 is 1.26 bits per heavy atom. The monoisotopic (exact) mass is 421 g/mol. The molecule has 0 fully saturated rings. The average Bonchev–Trinajstić information content (AvgIpc) is 2.66. The number of nitriles is 3. The van der Waals surface area contributed by atoms with Gasteiger partial charge in [0, 0.05) is 35.4 Å². The number of benzene rings is 1. The Hall–Kier alpha value is -2.59. The van der Waals surface area contributed by atoms with Crippen molar-refractivity contribution in [3.05, 3.63) is 57.2 Å². The van der Waals surface area contributed by atoms with Gasteiger partial charge in [-0.2, -0.15) is 15.8 Å². The summed E-state index contributed by atoms with van der Waals surface area (Å²) in [5, 5.41) is 29.8. The van der Waals surface area contributed by atoms with Crippen molar-refractivity contribution in [2.45, 2.75) is 25.8 Å². The summed E-state index contributed by atoms with van der Waals surface area (Å²) in [6, 6.07) is 14.5. The van der Waals surface area contributed by atoms with Crippen molar-refractivity contribution in [2.24, 2.45) is 17.1 Å². The van der Waals surface area contributed by atoms with Crippen LogP contribution in [0.3, 0.4) is 0 Å². The highest BCUT2D eigenvalue weighted by atomic mass is 79.9. The molecule has 0 unspecified atom stereocenters. The summed E-state index contributed by atoms with van der Waals surface area (Å²) in [6.07, 6.45) is 2.03. The van der Waals surface area contributed by atoms with E-state index in [1.807, 2.05) is 30.3 Å². The van der Waals surface area contributed by atoms with E-state index < -0.39 is 11.3 Å². The third kappa shape index (κ3) is 2.94. The normalized spacial score (nSPS) is 24.4. The topological polar surface area (TPSA) is 101 Å². The van der Waals surface area contributed by atoms with Crippen molar-refractivity contribution in [1.82, 2.24) is 4.90 Å². The summed E-state index contributed by atoms with van der Waals surface area (Å²) in [5.41, 5.74) is 6.82. The quantitative estimate of drug-likeness (QED) is 0.785. The highest BCUT2D eigenvalue weighted by Gasteiger charge is 2.54. The maximum Gasteiger partial charge on any atom is 0.191 e. The molecule has 2 atom stereocenters. The van der Waals surface area contributed by atoms with Gasteiger partial charge in [0.2, 0.25) is 0 Å². The second-order valence-electron chi connectivity index (χ2n) is 7.28. The van der Waals surface area contributed by atoms with Crippen LogP contribution < -0.4 is 5.73 Å². The van der Waals surface area contributed by atoms with E-state index in [9.17, 15) is 15.8 Å². The molecule has 2 aliphatic rings. The molecule has 0 radical (unpaired) electrons. The minimum Gasteiger partial charge on any atom is -0.399 e. The number of fused-ring (bicyclic) bond motifs is 1. The van der Waals surface area contributed by atoms with Gasteiger partial charge in [0.25, 0.3) is 0 Å². The SMILES string of the molecule is CC(C)N1CC=C2C(C#N)=C(N)C(C#N)(C#N)[C@@H](c3cccc(Br)c3)[C@H]2C1. The van der Waals surface area contributed by atoms with Crippen LogP contribution in [0.2, 0.25) is 0 Å². The zero-order valence-electron chi connectivity index (χ0n) is 15.3. The molecule has 6 heteroatoms. The number of hydrogen-bond donors (Lipinski definition) is 1. The van der Waals surface area contributed by atoms with Gasteiger partial charge in [0.1, 0.15) is 6.07 Å². The first-order valence-corrected chi connectivity index (χ1v) is 9.61. The lowest BCUT2D eigenvalue weighted by atomic mass is 9.58. The van der Waals surface area contributed by atoms with Gasteiger partial charge in [-0.15, -0.1) is 0 Å². The van der Waals surface area contributed by atoms with Crippen molar-refractivity contribution in [3.63, 3.8) is 0 Å². The van der Waals surface area contributed by atoms with E-state index in [0.717, 1.165) is 22.2 Å². The molecule has 5 nitrogen and oxygen atoms in total. The van der Waals surface area contributed by atoms with Crippen LogP contribution in [0.15, 0.2) is 51.7 Å². The van der Waals surface area contributed by atoms with Crippen molar-refractivity contribution in [3.8, 4) is 18.2 Å². The van der Waals surface area contributed by atoms with Crippen molar-refractivity contribution in [1.29, 1.82) is 15.8 Å². The minimum atomic E-state index is -1.58. The Balaban J connectivity index is 2.31. The van der Waals surface area contributed by atoms with Gasteiger partial charge in [-0.1, -0.05) is 34.1 Å². The van der Waals surface area contributed by atoms with Gasteiger partial charge >= 0.3 is 0 Å². The van der Waals surface area contributed by atoms with E-state index in [0.29, 0.717) is 12.6 Å². The van der Waals surface area contributed by atoms with Crippen LogP contribution >= 0.6 is 15.9 Å². The molecule has 0 saturated heterocycles. The van der Waals surface area contributed by atoms with E-state index in [-0.39, 0.29) is 17.2 Å². The fourth-order valence-electron chi connectivity index (χ4n) is 4.20. The lowest BCUT2D eigenvalue weighted by Gasteiger charge is -2.46. The fraction of sp³-hybridized carbons (Fsp3) is 0.381. The number of halogens is 1. The van der Waals surface area contributed by atoms with Crippen LogP contribution in [0.1, 0.15) is 25.3 Å². The third-order valence-corrected chi connectivity index (χ3v) is 6.12. The Morgan fingerprint density at radius 3 is 2.52 bits per heavy atom. The molecular weight excluding hydrogens is 402 g/mol. The molecule has 3 rings (SSSR count). The van der Waals surface area contributed by atoms with Gasteiger partial charge in [-0.25, -0.2) is 0 Å². The first kappa shape index (κ1) is 19.2. The second-order valence-corrected chi connectivity index (χ2v) is 8.19. The van der Waals surface area contributed by atoms with Crippen LogP contribution in [-0.2, 0) is 0 Å². The Morgan fingerprint density at radius 2 is 1.96 bits per heavy atom. The number of nitrogens with two attached hydrogens (primary N) is 1. The summed E-state index contributed by atoms with van der Waals surface area (Å²) in [6.45, 7) is 5.63. The predicted molar refractivity (Wildman–Crippen MR) is 106 cm³/mol. The summed E-state index contributed by atoms with van der Waals surface area (Å²) in [5.74, 6) is -0.605. The molecule has 27 heavy (non-hydrogen) atoms. The Bertz CT molecular complexity index is 940. The molecule has 136 valence electrons. The van der Waals surface area contributed by atoms with E-state index in [2.05, 4.69) is 52.9 Å². The molecule has 1 aliphatic carbocycles. The van der Waals surface area contributed by atoms with Gasteiger partial charge in [0.05, 0.1) is 23.4 Å². The molecule has 0 aromatic heterocycles. The molecule has 0 spiro atoms. The van der Waals surface area contributed by atoms with E-state index >= 15 is 0 Å². The molecule has 1 heterocycles. The van der Waals surface area contributed by atoms with Gasteiger partial charge < -0.3 is 5.73 Å². The summed E-state index contributed by atoms with van der Waals surface area (Å²) >= 11 is 3.49. The van der Waals surface area contributed by atoms with Crippen LogP contribution in [0.4, 0.5) is 0 Å². The Labute approximate surface area is 168 Å². The Kier molecular flexibility index (Phi) is 5.11. The summed E-state index contributed by atoms with van der Waals surface area (Å²) in [4.78, 5) is 2.29. The standard InChI is InChI=1S/C21H20BrN5/c1-13(2)27-7-6-16-17(9-23)20(26)21(11-24,12-25)19(18(16)10-27)14-4-3-5-15(22)8-14/h3-6,8,13,18-19H,7,10,26H2,1-2H3/t18-,19-/m0/s1. The molecule has 0 bridgehead atoms. The van der Waals surface area contributed by atoms with Crippen LogP contribution in [0, 0.1) is 45.3 Å². The minimum absolute atomic E-state index is 0.0699. The third-order valence-electron chi connectivity index (χ3n) is 5.63.